The second-order valence-corrected chi connectivity index (χ2v) is 3.48. The normalized spacial score (nSPS) is 15.2. The van der Waals surface area contributed by atoms with Gasteiger partial charge in [-0.2, -0.15) is 0 Å². The molecule has 0 bridgehead atoms. The van der Waals surface area contributed by atoms with E-state index in [0.717, 1.165) is 23.4 Å². The van der Waals surface area contributed by atoms with Crippen LogP contribution in [0.1, 0.15) is 24.6 Å². The molecule has 16 heavy (non-hydrogen) atoms. The first kappa shape index (κ1) is 10.6. The maximum atomic E-state index is 4.40. The third kappa shape index (κ3) is 2.34. The van der Waals surface area contributed by atoms with Gasteiger partial charge in [0, 0.05) is 18.0 Å². The lowest BCUT2D eigenvalue weighted by atomic mass is 10.1. The second kappa shape index (κ2) is 5.21. The molecule has 0 aliphatic carbocycles. The van der Waals surface area contributed by atoms with Crippen molar-refractivity contribution in [3.05, 3.63) is 60.1 Å². The van der Waals surface area contributed by atoms with E-state index in [4.69, 9.17) is 0 Å². The van der Waals surface area contributed by atoms with Gasteiger partial charge in [0.2, 0.25) is 0 Å². The molecular weight excluding hydrogens is 196 g/mol. The summed E-state index contributed by atoms with van der Waals surface area (Å²) in [5.41, 5.74) is 2.95. The van der Waals surface area contributed by atoms with Crippen molar-refractivity contribution >= 4 is 11.8 Å². The van der Waals surface area contributed by atoms with E-state index >= 15 is 0 Å². The summed E-state index contributed by atoms with van der Waals surface area (Å²) in [5.74, 6) is 0. The summed E-state index contributed by atoms with van der Waals surface area (Å²) >= 11 is 0. The summed E-state index contributed by atoms with van der Waals surface area (Å²) in [6.07, 6.45) is 14.8. The van der Waals surface area contributed by atoms with Crippen LogP contribution in [0.15, 0.2) is 53.8 Å². The van der Waals surface area contributed by atoms with Crippen LogP contribution in [0.4, 0.5) is 0 Å². The van der Waals surface area contributed by atoms with Crippen molar-refractivity contribution in [3.8, 4) is 0 Å². The molecule has 1 aliphatic heterocycles. The molecule has 2 rings (SSSR count). The quantitative estimate of drug-likeness (QED) is 0.734. The first-order valence-corrected chi connectivity index (χ1v) is 5.39. The van der Waals surface area contributed by atoms with Crippen LogP contribution >= 0.6 is 0 Å². The highest BCUT2D eigenvalue weighted by atomic mass is 14.8. The lowest BCUT2D eigenvalue weighted by Crippen LogP contribution is -2.02. The van der Waals surface area contributed by atoms with Crippen LogP contribution in [-0.4, -0.2) is 10.7 Å². The molecule has 0 aromatic carbocycles. The lowest BCUT2D eigenvalue weighted by molar-refractivity contribution is 1.27. The topological polar surface area (TPSA) is 25.2 Å². The molecule has 0 N–H and O–H groups in total. The van der Waals surface area contributed by atoms with Crippen LogP contribution in [0.3, 0.4) is 0 Å². The molecule has 0 unspecified atom stereocenters. The fourth-order valence-electron chi connectivity index (χ4n) is 1.58. The van der Waals surface area contributed by atoms with Gasteiger partial charge in [0.05, 0.1) is 11.4 Å². The third-order valence-electron chi connectivity index (χ3n) is 2.29. The Kier molecular flexibility index (Phi) is 3.44. The van der Waals surface area contributed by atoms with Crippen molar-refractivity contribution in [1.82, 2.24) is 4.98 Å². The molecule has 80 valence electrons. The van der Waals surface area contributed by atoms with Crippen LogP contribution in [-0.2, 0) is 0 Å². The van der Waals surface area contributed by atoms with Gasteiger partial charge < -0.3 is 0 Å². The highest BCUT2D eigenvalue weighted by Gasteiger charge is 2.05. The molecule has 2 heterocycles. The van der Waals surface area contributed by atoms with Gasteiger partial charge in [0.25, 0.3) is 0 Å². The second-order valence-electron chi connectivity index (χ2n) is 3.48. The van der Waals surface area contributed by atoms with Gasteiger partial charge in [-0.15, -0.1) is 0 Å². The highest BCUT2D eigenvalue weighted by molar-refractivity contribution is 6.09. The highest BCUT2D eigenvalue weighted by Crippen LogP contribution is 2.11. The van der Waals surface area contributed by atoms with E-state index in [2.05, 4.69) is 16.1 Å². The standard InChI is InChI=1S/C14H14N2/c1-2-7-12-8-6-11-16-14(12)13-9-4-3-5-10-15-13/h2,4-11H,3H2,1H3/b7-2-. The molecular formula is C14H14N2. The molecule has 0 radical (unpaired) electrons. The molecule has 1 aromatic rings. The summed E-state index contributed by atoms with van der Waals surface area (Å²) in [7, 11) is 0. The number of hydrogen-bond donors (Lipinski definition) is 0. The average Bonchev–Trinajstić information content (AvgIpc) is 2.59. The monoisotopic (exact) mass is 210 g/mol. The van der Waals surface area contributed by atoms with Crippen molar-refractivity contribution in [2.24, 2.45) is 4.99 Å². The van der Waals surface area contributed by atoms with E-state index in [9.17, 15) is 0 Å². The Bertz CT molecular complexity index is 479. The third-order valence-corrected chi connectivity index (χ3v) is 2.29. The minimum Gasteiger partial charge on any atom is -0.255 e. The molecule has 0 amide bonds. The molecule has 1 aliphatic rings. The zero-order valence-electron chi connectivity index (χ0n) is 9.30. The Morgan fingerprint density at radius 1 is 1.31 bits per heavy atom. The molecule has 0 saturated carbocycles. The predicted octanol–water partition coefficient (Wildman–Crippen LogP) is 3.38. The van der Waals surface area contributed by atoms with Crippen molar-refractivity contribution in [1.29, 1.82) is 0 Å². The van der Waals surface area contributed by atoms with E-state index in [1.54, 1.807) is 6.20 Å². The first-order valence-electron chi connectivity index (χ1n) is 5.39. The molecule has 0 atom stereocenters. The predicted molar refractivity (Wildman–Crippen MR) is 68.4 cm³/mol. The number of nitrogens with zero attached hydrogens (tertiary/aromatic N) is 2. The lowest BCUT2D eigenvalue weighted by Gasteiger charge is -2.03. The summed E-state index contributed by atoms with van der Waals surface area (Å²) in [6.45, 7) is 2.00. The number of aromatic nitrogens is 1. The van der Waals surface area contributed by atoms with E-state index in [0.29, 0.717) is 0 Å². The Balaban J connectivity index is 2.46. The van der Waals surface area contributed by atoms with Gasteiger partial charge >= 0.3 is 0 Å². The molecule has 0 spiro atoms. The summed E-state index contributed by atoms with van der Waals surface area (Å²) in [4.78, 5) is 8.78. The van der Waals surface area contributed by atoms with Crippen LogP contribution < -0.4 is 0 Å². The summed E-state index contributed by atoms with van der Waals surface area (Å²) in [6, 6.07) is 3.99. The molecule has 0 saturated heterocycles. The Labute approximate surface area is 95.8 Å². The van der Waals surface area contributed by atoms with Crippen molar-refractivity contribution in [2.45, 2.75) is 13.3 Å². The minimum atomic E-state index is 0.919. The molecule has 2 heteroatoms. The van der Waals surface area contributed by atoms with E-state index in [1.165, 1.54) is 0 Å². The smallest absolute Gasteiger partial charge is 0.0958 e. The summed E-state index contributed by atoms with van der Waals surface area (Å²) < 4.78 is 0. The number of aliphatic imine (C=N–C) groups is 1. The average molecular weight is 210 g/mol. The van der Waals surface area contributed by atoms with Crippen molar-refractivity contribution in [2.75, 3.05) is 0 Å². The van der Waals surface area contributed by atoms with E-state index < -0.39 is 0 Å². The first-order chi connectivity index (χ1) is 7.92. The molecule has 2 nitrogen and oxygen atoms in total. The molecule has 0 fully saturated rings. The fourth-order valence-corrected chi connectivity index (χ4v) is 1.58. The number of pyridine rings is 1. The number of rotatable bonds is 2. The van der Waals surface area contributed by atoms with E-state index in [-0.39, 0.29) is 0 Å². The zero-order valence-corrected chi connectivity index (χ0v) is 9.30. The van der Waals surface area contributed by atoms with Crippen LogP contribution in [0, 0.1) is 0 Å². The Morgan fingerprint density at radius 2 is 2.25 bits per heavy atom. The maximum absolute atomic E-state index is 4.40. The van der Waals surface area contributed by atoms with Gasteiger partial charge in [-0.25, -0.2) is 0 Å². The van der Waals surface area contributed by atoms with Crippen molar-refractivity contribution in [3.63, 3.8) is 0 Å². The minimum absolute atomic E-state index is 0.919. The molecule has 1 aromatic heterocycles. The van der Waals surface area contributed by atoms with Crippen molar-refractivity contribution < 1.29 is 0 Å². The number of hydrogen-bond acceptors (Lipinski definition) is 2. The Hall–Kier alpha value is -1.96. The zero-order chi connectivity index (χ0) is 11.2. The van der Waals surface area contributed by atoms with Gasteiger partial charge in [-0.1, -0.05) is 30.4 Å². The van der Waals surface area contributed by atoms with Crippen LogP contribution in [0.5, 0.6) is 0 Å². The van der Waals surface area contributed by atoms with Crippen LogP contribution in [0.25, 0.3) is 6.08 Å². The fraction of sp³-hybridized carbons (Fsp3) is 0.143. The van der Waals surface area contributed by atoms with E-state index in [1.807, 2.05) is 49.6 Å². The Morgan fingerprint density at radius 3 is 3.12 bits per heavy atom. The SMILES string of the molecule is C/C=C\c1cccnc1C1=NC=CCC=C1. The van der Waals surface area contributed by atoms with Gasteiger partial charge in [-0.05, 0) is 25.5 Å². The van der Waals surface area contributed by atoms with Crippen LogP contribution in [0.2, 0.25) is 0 Å². The maximum Gasteiger partial charge on any atom is 0.0958 e. The number of allylic oxidation sites excluding steroid dienone is 4. The van der Waals surface area contributed by atoms with Gasteiger partial charge in [0.1, 0.15) is 0 Å². The van der Waals surface area contributed by atoms with Gasteiger partial charge in [0.15, 0.2) is 0 Å². The summed E-state index contributed by atoms with van der Waals surface area (Å²) in [5, 5.41) is 0. The largest absolute Gasteiger partial charge is 0.255 e. The van der Waals surface area contributed by atoms with Gasteiger partial charge in [-0.3, -0.25) is 9.98 Å².